The largest absolute Gasteiger partial charge is 0.453 e. The fourth-order valence-corrected chi connectivity index (χ4v) is 20.0. The molecule has 0 bridgehead atoms. The molecule has 0 spiro atoms. The molecule has 10 aromatic carbocycles. The second-order valence-corrected chi connectivity index (χ2v) is 36.4. The SMILES string of the molecule is CC(C)OC(=O)N1CCc2c([nH]c3ccc(Cl)cc23)C1c1cccc(F)c1.CCOC(=O)N1CCc2c([nH]c3ccc(Cl)cc23)C1c1ccc(C)cc1.CCOC(=O)N1CCc2c([nH]c3ccc(Cl)cc23)C1c1cccc(Br)c1.COC(=O)N1CCc2c([nH]c3ccc(Cl)cc23)C1c1cc(F)cc(F)c1.O=C(OCCCl)N1CCc2c([nH]c3ccc(Cl)cc23)C1c1ccc([N+](=O)[O-])cc1. The van der Waals surface area contributed by atoms with Gasteiger partial charge in [-0.2, -0.15) is 0 Å². The lowest BCUT2D eigenvalue weighted by atomic mass is 9.92. The number of hydrogen-bond acceptors (Lipinski definition) is 12. The summed E-state index contributed by atoms with van der Waals surface area (Å²) >= 11 is 40.1. The molecular formula is C101H91BrCl6F3N11O12. The van der Waals surface area contributed by atoms with Gasteiger partial charge < -0.3 is 48.6 Å². The van der Waals surface area contributed by atoms with E-state index in [4.69, 9.17) is 93.3 Å². The third-order valence-corrected chi connectivity index (χ3v) is 26.1. The van der Waals surface area contributed by atoms with Crippen LogP contribution in [0.4, 0.5) is 42.8 Å². The van der Waals surface area contributed by atoms with Crippen molar-refractivity contribution in [2.24, 2.45) is 0 Å². The van der Waals surface area contributed by atoms with Gasteiger partial charge in [0.05, 0.1) is 37.2 Å². The molecule has 15 aromatic rings. The highest BCUT2D eigenvalue weighted by Crippen LogP contribution is 2.47. The predicted molar refractivity (Wildman–Crippen MR) is 519 cm³/mol. The first-order chi connectivity index (χ1) is 64.6. The normalized spacial score (nSPS) is 16.5. The van der Waals surface area contributed by atoms with Gasteiger partial charge in [-0.25, -0.2) is 37.1 Å². The van der Waals surface area contributed by atoms with Crippen LogP contribution in [0.2, 0.25) is 25.1 Å². The van der Waals surface area contributed by atoms with Crippen molar-refractivity contribution in [3.63, 3.8) is 0 Å². The van der Waals surface area contributed by atoms with E-state index >= 15 is 0 Å². The van der Waals surface area contributed by atoms with Crippen molar-refractivity contribution in [2.75, 3.05) is 65.5 Å². The first-order valence-corrected chi connectivity index (χ1v) is 46.7. The average molecular weight is 2000 g/mol. The van der Waals surface area contributed by atoms with Gasteiger partial charge in [-0.3, -0.25) is 34.6 Å². The smallest absolute Gasteiger partial charge is 0.410 e. The van der Waals surface area contributed by atoms with E-state index < -0.39 is 53.0 Å². The minimum Gasteiger partial charge on any atom is -0.453 e. The second kappa shape index (κ2) is 41.2. The van der Waals surface area contributed by atoms with Crippen LogP contribution in [0, 0.1) is 34.5 Å². The van der Waals surface area contributed by atoms with E-state index in [1.807, 2.05) is 142 Å². The van der Waals surface area contributed by atoms with Crippen molar-refractivity contribution in [3.05, 3.63) is 353 Å². The number of alkyl halides is 1. The number of rotatable bonds is 11. The van der Waals surface area contributed by atoms with E-state index in [9.17, 15) is 47.3 Å². The van der Waals surface area contributed by atoms with E-state index in [-0.39, 0.29) is 54.4 Å². The summed E-state index contributed by atoms with van der Waals surface area (Å²) in [6.07, 6.45) is 1.20. The maximum absolute atomic E-state index is 13.9. The summed E-state index contributed by atoms with van der Waals surface area (Å²) in [6.45, 7) is 12.7. The number of amides is 5. The van der Waals surface area contributed by atoms with Crippen LogP contribution in [0.5, 0.6) is 0 Å². The highest BCUT2D eigenvalue weighted by Gasteiger charge is 2.42. The van der Waals surface area contributed by atoms with Crippen LogP contribution in [0.1, 0.15) is 148 Å². The van der Waals surface area contributed by atoms with Crippen LogP contribution in [0.15, 0.2) is 211 Å². The van der Waals surface area contributed by atoms with Crippen LogP contribution in [-0.4, -0.2) is 156 Å². The number of hydrogen-bond donors (Lipinski definition) is 5. The van der Waals surface area contributed by atoms with E-state index in [0.717, 1.165) is 139 Å². The zero-order chi connectivity index (χ0) is 94.6. The molecule has 5 aliphatic rings. The molecule has 0 saturated heterocycles. The molecule has 5 aromatic heterocycles. The molecule has 10 heterocycles. The van der Waals surface area contributed by atoms with Crippen molar-refractivity contribution in [2.45, 2.75) is 103 Å². The lowest BCUT2D eigenvalue weighted by molar-refractivity contribution is -0.384. The van der Waals surface area contributed by atoms with Crippen molar-refractivity contribution < 1.29 is 65.8 Å². The lowest BCUT2D eigenvalue weighted by Gasteiger charge is -2.35. The molecule has 0 aliphatic carbocycles. The Balaban J connectivity index is 0.000000122. The van der Waals surface area contributed by atoms with Crippen molar-refractivity contribution >= 4 is 176 Å². The van der Waals surface area contributed by atoms with Gasteiger partial charge in [0.1, 0.15) is 54.3 Å². The standard InChI is InChI=1S/C21H20ClFN2O2.C21H21ClN2O2.C20H18BrClN2O2.C20H17Cl2N3O4.C19H15ClF2N2O2/c1-12(2)27-21(26)25-9-8-16-17-11-14(22)6-7-18(17)24-19(16)20(25)13-4-3-5-15(23)10-13;1-3-26-21(25)24-11-10-16-17-12-15(22)8-9-18(17)23-19(16)20(24)14-6-4-13(2)5-7-14;1-2-26-20(25)24-9-8-15-16-11-14(22)6-7-17(16)23-18(15)19(24)12-4-3-5-13(21)10-12;21-8-10-29-20(26)24-9-7-15-16-11-13(22)3-6-17(16)23-18(15)19(24)12-1-4-14(5-2-12)25(27)28;1-26-19(25)24-5-4-14-15-8-11(20)2-3-16(15)23-17(14)18(24)10-6-12(21)9-13(22)7-10/h3-7,10-12,20,24H,8-9H2,1-2H3;4-9,12,20,23H,3,10-11H2,1-2H3;3-7,10-11,19,23H,2,8-9H2,1H3;1-6,11,19,23H,7-10H2;2-3,6-9,18,23H,4-5H2,1H3. The van der Waals surface area contributed by atoms with Crippen molar-refractivity contribution in [3.8, 4) is 0 Å². The number of aromatic nitrogens is 5. The van der Waals surface area contributed by atoms with Gasteiger partial charge in [0.15, 0.2) is 0 Å². The highest BCUT2D eigenvalue weighted by molar-refractivity contribution is 9.10. The summed E-state index contributed by atoms with van der Waals surface area (Å²) in [4.78, 5) is 99.0. The fourth-order valence-electron chi connectivity index (χ4n) is 18.6. The van der Waals surface area contributed by atoms with Crippen LogP contribution in [-0.2, 0) is 55.8 Å². The number of carbonyl (C=O) groups is 5. The number of H-pyrrole nitrogens is 5. The number of halogens is 10. The summed E-state index contributed by atoms with van der Waals surface area (Å²) < 4.78 is 68.8. The molecule has 5 unspecified atom stereocenters. The Bertz CT molecular complexity index is 6950. The maximum Gasteiger partial charge on any atom is 0.410 e. The predicted octanol–water partition coefficient (Wildman–Crippen LogP) is 26.2. The van der Waals surface area contributed by atoms with Crippen LogP contribution in [0.25, 0.3) is 54.5 Å². The van der Waals surface area contributed by atoms with Crippen LogP contribution < -0.4 is 0 Å². The first kappa shape index (κ1) is 94.8. The third kappa shape index (κ3) is 20.1. The lowest BCUT2D eigenvalue weighted by Crippen LogP contribution is -2.41. The Morgan fingerprint density at radius 2 is 0.731 bits per heavy atom. The quantitative estimate of drug-likeness (QED) is 0.0350. The Morgan fingerprint density at radius 1 is 0.410 bits per heavy atom. The molecule has 23 nitrogen and oxygen atoms in total. The minimum atomic E-state index is -0.698. The average Bonchev–Trinajstić information content (AvgIpc) is 1.61. The van der Waals surface area contributed by atoms with Crippen molar-refractivity contribution in [1.29, 1.82) is 0 Å². The number of methoxy groups -OCH3 is 1. The zero-order valence-corrected chi connectivity index (χ0v) is 79.5. The highest BCUT2D eigenvalue weighted by atomic mass is 79.9. The molecule has 5 aliphatic heterocycles. The Kier molecular flexibility index (Phi) is 29.2. The molecule has 134 heavy (non-hydrogen) atoms. The van der Waals surface area contributed by atoms with Gasteiger partial charge in [-0.1, -0.05) is 128 Å². The number of fused-ring (bicyclic) bond motifs is 15. The number of nitro groups is 1. The molecule has 5 amide bonds. The van der Waals surface area contributed by atoms with E-state index in [1.165, 1.54) is 65.1 Å². The number of benzene rings is 10. The number of non-ortho nitro benzene ring substituents is 1. The summed E-state index contributed by atoms with van der Waals surface area (Å²) in [6, 6.07) is 58.7. The van der Waals surface area contributed by atoms with Gasteiger partial charge in [-0.15, -0.1) is 11.6 Å². The van der Waals surface area contributed by atoms with E-state index in [0.29, 0.717) is 102 Å². The van der Waals surface area contributed by atoms with Gasteiger partial charge in [0, 0.05) is 163 Å². The first-order valence-electron chi connectivity index (χ1n) is 43.5. The maximum atomic E-state index is 13.9. The molecule has 692 valence electrons. The second-order valence-electron chi connectivity index (χ2n) is 32.9. The summed E-state index contributed by atoms with van der Waals surface area (Å²) in [5.41, 5.74) is 20.0. The van der Waals surface area contributed by atoms with E-state index in [1.54, 1.807) is 45.0 Å². The Hall–Kier alpha value is -12.3. The van der Waals surface area contributed by atoms with E-state index in [2.05, 4.69) is 72.0 Å². The molecule has 0 saturated carbocycles. The molecule has 33 heteroatoms. The Labute approximate surface area is 807 Å². The molecule has 20 rings (SSSR count). The Morgan fingerprint density at radius 3 is 1.07 bits per heavy atom. The minimum absolute atomic E-state index is 0.00974. The monoisotopic (exact) mass is 2000 g/mol. The summed E-state index contributed by atoms with van der Waals surface area (Å²) in [5, 5.41) is 19.6. The number of nitrogens with one attached hydrogen (secondary N) is 5. The number of nitrogens with zero attached hydrogens (tertiary/aromatic N) is 6. The number of ether oxygens (including phenoxy) is 5. The van der Waals surface area contributed by atoms with Gasteiger partial charge >= 0.3 is 30.5 Å². The zero-order valence-electron chi connectivity index (χ0n) is 73.4. The van der Waals surface area contributed by atoms with Gasteiger partial charge in [0.25, 0.3) is 5.69 Å². The number of nitro benzene ring substituents is 1. The number of aromatic amines is 5. The number of aryl methyl sites for hydroxylation is 1. The molecule has 5 atom stereocenters. The summed E-state index contributed by atoms with van der Waals surface area (Å²) in [7, 11) is 1.28. The van der Waals surface area contributed by atoms with Crippen molar-refractivity contribution in [1.82, 2.24) is 49.4 Å². The topological polar surface area (TPSA) is 270 Å². The summed E-state index contributed by atoms with van der Waals surface area (Å²) in [5.74, 6) is -1.53. The van der Waals surface area contributed by atoms with Gasteiger partial charge in [-0.05, 0) is 262 Å². The molecule has 5 N–H and O–H groups in total. The van der Waals surface area contributed by atoms with Gasteiger partial charge in [0.2, 0.25) is 0 Å². The molecule has 0 fully saturated rings. The number of carbonyl (C=O) groups excluding carboxylic acids is 5. The molecule has 0 radical (unpaired) electrons. The molecular weight excluding hydrogens is 1910 g/mol. The third-order valence-electron chi connectivity index (χ3n) is 24.3. The van der Waals surface area contributed by atoms with Crippen LogP contribution in [0.3, 0.4) is 0 Å². The fraction of sp³-hybridized carbons (Fsp3) is 0.257. The van der Waals surface area contributed by atoms with Crippen LogP contribution >= 0.6 is 85.5 Å².